The van der Waals surface area contributed by atoms with Gasteiger partial charge in [-0.15, -0.1) is 0 Å². The average molecular weight is 263 g/mol. The second-order valence-electron chi connectivity index (χ2n) is 4.28. The molecular weight excluding hydrogens is 254 g/mol. The van der Waals surface area contributed by atoms with Crippen LogP contribution in [-0.2, 0) is 0 Å². The molecule has 6 heteroatoms. The Morgan fingerprint density at radius 1 is 1.05 bits per heavy atom. The number of pyridine rings is 2. The highest BCUT2D eigenvalue weighted by molar-refractivity contribution is 5.60. The fourth-order valence-corrected chi connectivity index (χ4v) is 2.00. The van der Waals surface area contributed by atoms with Crippen molar-refractivity contribution >= 4 is 5.65 Å². The lowest BCUT2D eigenvalue weighted by molar-refractivity contribution is 0.432. The summed E-state index contributed by atoms with van der Waals surface area (Å²) in [6.45, 7) is 0. The van der Waals surface area contributed by atoms with Crippen molar-refractivity contribution in [2.45, 2.75) is 0 Å². The van der Waals surface area contributed by atoms with E-state index in [-0.39, 0.29) is 0 Å². The monoisotopic (exact) mass is 263 g/mol. The molecule has 0 saturated heterocycles. The summed E-state index contributed by atoms with van der Waals surface area (Å²) in [5.41, 5.74) is 2.55. The summed E-state index contributed by atoms with van der Waals surface area (Å²) in [6.07, 6.45) is 8.93. The molecule has 0 fully saturated rings. The molecule has 4 aromatic heterocycles. The molecule has 0 aliphatic rings. The molecule has 0 spiro atoms. The molecule has 0 aliphatic carbocycles. The zero-order valence-electron chi connectivity index (χ0n) is 10.3. The molecule has 0 aliphatic heterocycles. The van der Waals surface area contributed by atoms with E-state index >= 15 is 0 Å². The number of hydrogen-bond acceptors (Lipinski definition) is 5. The maximum Gasteiger partial charge on any atom is 0.259 e. The highest BCUT2D eigenvalue weighted by atomic mass is 16.5. The molecule has 4 rings (SSSR count). The van der Waals surface area contributed by atoms with Crippen molar-refractivity contribution in [3.8, 4) is 22.8 Å². The largest absolute Gasteiger partial charge is 0.334 e. The highest BCUT2D eigenvalue weighted by Gasteiger charge is 2.11. The minimum Gasteiger partial charge on any atom is -0.334 e. The molecule has 0 saturated carbocycles. The lowest BCUT2D eigenvalue weighted by atomic mass is 10.2. The second-order valence-corrected chi connectivity index (χ2v) is 4.28. The van der Waals surface area contributed by atoms with Crippen molar-refractivity contribution in [2.75, 3.05) is 0 Å². The van der Waals surface area contributed by atoms with Crippen LogP contribution in [0, 0.1) is 0 Å². The molecule has 0 amide bonds. The maximum atomic E-state index is 5.31. The van der Waals surface area contributed by atoms with E-state index in [1.54, 1.807) is 18.6 Å². The summed E-state index contributed by atoms with van der Waals surface area (Å²) < 4.78 is 7.21. The lowest BCUT2D eigenvalue weighted by Gasteiger charge is -1.96. The van der Waals surface area contributed by atoms with Gasteiger partial charge in [-0.2, -0.15) is 4.98 Å². The molecule has 0 unspecified atom stereocenters. The summed E-state index contributed by atoms with van der Waals surface area (Å²) in [5.74, 6) is 0.998. The molecule has 6 nitrogen and oxygen atoms in total. The number of rotatable bonds is 2. The number of nitrogens with zero attached hydrogens (tertiary/aromatic N) is 5. The van der Waals surface area contributed by atoms with E-state index in [0.717, 1.165) is 16.8 Å². The Morgan fingerprint density at radius 3 is 2.95 bits per heavy atom. The van der Waals surface area contributed by atoms with Crippen LogP contribution >= 0.6 is 0 Å². The molecule has 96 valence electrons. The van der Waals surface area contributed by atoms with E-state index in [0.29, 0.717) is 11.7 Å². The van der Waals surface area contributed by atoms with Gasteiger partial charge in [0.2, 0.25) is 5.82 Å². The summed E-state index contributed by atoms with van der Waals surface area (Å²) in [4.78, 5) is 12.6. The lowest BCUT2D eigenvalue weighted by Crippen LogP contribution is -1.86. The zero-order chi connectivity index (χ0) is 13.4. The van der Waals surface area contributed by atoms with E-state index < -0.39 is 0 Å². The number of imidazole rings is 1. The first-order valence-electron chi connectivity index (χ1n) is 6.07. The van der Waals surface area contributed by atoms with Crippen LogP contribution in [0.25, 0.3) is 28.5 Å². The Bertz CT molecular complexity index is 865. The molecule has 0 N–H and O–H groups in total. The Morgan fingerprint density at radius 2 is 2.05 bits per heavy atom. The SMILES string of the molecule is c1cncc(-c2noc(-c3ccc4nccn4c3)n2)c1. The normalized spacial score (nSPS) is 11.0. The van der Waals surface area contributed by atoms with Crippen molar-refractivity contribution in [2.24, 2.45) is 0 Å². The van der Waals surface area contributed by atoms with E-state index in [4.69, 9.17) is 4.52 Å². The van der Waals surface area contributed by atoms with Crippen molar-refractivity contribution in [3.63, 3.8) is 0 Å². The molecule has 0 radical (unpaired) electrons. The number of fused-ring (bicyclic) bond motifs is 1. The van der Waals surface area contributed by atoms with Crippen molar-refractivity contribution in [3.05, 3.63) is 55.2 Å². The van der Waals surface area contributed by atoms with Gasteiger partial charge in [0, 0.05) is 36.5 Å². The van der Waals surface area contributed by atoms with Crippen LogP contribution in [0.5, 0.6) is 0 Å². The summed E-state index contributed by atoms with van der Waals surface area (Å²) in [6, 6.07) is 7.54. The summed E-state index contributed by atoms with van der Waals surface area (Å²) in [5, 5.41) is 3.98. The smallest absolute Gasteiger partial charge is 0.259 e. The standard InChI is InChI=1S/C14H9N5O/c1-2-10(8-15-5-1)13-17-14(20-18-13)11-3-4-12-16-6-7-19(12)9-11/h1-9H. The van der Waals surface area contributed by atoms with Gasteiger partial charge in [-0.3, -0.25) is 4.98 Å². The van der Waals surface area contributed by atoms with Crippen LogP contribution in [0.4, 0.5) is 0 Å². The fraction of sp³-hybridized carbons (Fsp3) is 0. The van der Waals surface area contributed by atoms with Crippen LogP contribution < -0.4 is 0 Å². The Kier molecular flexibility index (Phi) is 2.32. The minimum atomic E-state index is 0.472. The average Bonchev–Trinajstić information content (AvgIpc) is 3.16. The fourth-order valence-electron chi connectivity index (χ4n) is 2.00. The molecular formula is C14H9N5O. The van der Waals surface area contributed by atoms with Gasteiger partial charge in [0.25, 0.3) is 5.89 Å². The van der Waals surface area contributed by atoms with Gasteiger partial charge in [0.15, 0.2) is 0 Å². The highest BCUT2D eigenvalue weighted by Crippen LogP contribution is 2.21. The predicted octanol–water partition coefficient (Wildman–Crippen LogP) is 2.45. The molecule has 0 atom stereocenters. The summed E-state index contributed by atoms with van der Waals surface area (Å²) >= 11 is 0. The number of aromatic nitrogens is 5. The van der Waals surface area contributed by atoms with Crippen LogP contribution in [0.3, 0.4) is 0 Å². The van der Waals surface area contributed by atoms with Gasteiger partial charge < -0.3 is 8.92 Å². The van der Waals surface area contributed by atoms with Crippen molar-refractivity contribution in [1.82, 2.24) is 24.5 Å². The van der Waals surface area contributed by atoms with Gasteiger partial charge in [-0.05, 0) is 24.3 Å². The molecule has 0 aromatic carbocycles. The molecule has 0 bridgehead atoms. The van der Waals surface area contributed by atoms with E-state index in [2.05, 4.69) is 20.1 Å². The van der Waals surface area contributed by atoms with Crippen molar-refractivity contribution in [1.29, 1.82) is 0 Å². The summed E-state index contributed by atoms with van der Waals surface area (Å²) in [7, 11) is 0. The topological polar surface area (TPSA) is 69.1 Å². The maximum absolute atomic E-state index is 5.31. The predicted molar refractivity (Wildman–Crippen MR) is 71.7 cm³/mol. The quantitative estimate of drug-likeness (QED) is 0.555. The Labute approximate surface area is 113 Å². The first kappa shape index (κ1) is 10.9. The Hall–Kier alpha value is -3.02. The van der Waals surface area contributed by atoms with Gasteiger partial charge in [0.1, 0.15) is 5.65 Å². The molecule has 4 aromatic rings. The zero-order valence-corrected chi connectivity index (χ0v) is 10.3. The Balaban J connectivity index is 1.77. The van der Waals surface area contributed by atoms with Crippen LogP contribution in [0.15, 0.2) is 59.8 Å². The first-order chi connectivity index (χ1) is 9.90. The third-order valence-electron chi connectivity index (χ3n) is 2.98. The van der Waals surface area contributed by atoms with Gasteiger partial charge in [0.05, 0.1) is 5.56 Å². The van der Waals surface area contributed by atoms with Gasteiger partial charge >= 0.3 is 0 Å². The third-order valence-corrected chi connectivity index (χ3v) is 2.98. The van der Waals surface area contributed by atoms with E-state index in [1.807, 2.05) is 41.1 Å². The minimum absolute atomic E-state index is 0.472. The first-order valence-corrected chi connectivity index (χ1v) is 6.07. The van der Waals surface area contributed by atoms with E-state index in [9.17, 15) is 0 Å². The van der Waals surface area contributed by atoms with E-state index in [1.165, 1.54) is 0 Å². The molecule has 20 heavy (non-hydrogen) atoms. The van der Waals surface area contributed by atoms with Gasteiger partial charge in [-0.25, -0.2) is 4.98 Å². The molecule has 4 heterocycles. The van der Waals surface area contributed by atoms with Crippen molar-refractivity contribution < 1.29 is 4.52 Å². The van der Waals surface area contributed by atoms with Crippen LogP contribution in [0.1, 0.15) is 0 Å². The van der Waals surface area contributed by atoms with Crippen LogP contribution in [0.2, 0.25) is 0 Å². The van der Waals surface area contributed by atoms with Gasteiger partial charge in [-0.1, -0.05) is 5.16 Å². The number of hydrogen-bond donors (Lipinski definition) is 0. The third kappa shape index (κ3) is 1.74. The van der Waals surface area contributed by atoms with Crippen LogP contribution in [-0.4, -0.2) is 24.5 Å². The second kappa shape index (κ2) is 4.27.